The first-order chi connectivity index (χ1) is 10.7. The highest BCUT2D eigenvalue weighted by Crippen LogP contribution is 2.33. The van der Waals surface area contributed by atoms with Gasteiger partial charge in [0, 0.05) is 16.5 Å². The summed E-state index contributed by atoms with van der Waals surface area (Å²) in [5, 5.41) is 10.2. The first-order valence-electron chi connectivity index (χ1n) is 6.82. The summed E-state index contributed by atoms with van der Waals surface area (Å²) in [6.45, 7) is 2.01. The van der Waals surface area contributed by atoms with Crippen LogP contribution in [0.5, 0.6) is 11.5 Å². The normalized spacial score (nSPS) is 10.4. The van der Waals surface area contributed by atoms with Gasteiger partial charge in [-0.15, -0.1) is 11.8 Å². The molecule has 0 N–H and O–H groups in total. The molecule has 22 heavy (non-hydrogen) atoms. The molecule has 0 spiro atoms. The summed E-state index contributed by atoms with van der Waals surface area (Å²) in [6.07, 6.45) is 3.59. The van der Waals surface area contributed by atoms with Crippen LogP contribution in [-0.2, 0) is 0 Å². The zero-order chi connectivity index (χ0) is 15.5. The SMILES string of the molecule is CSc1ccc(Oc2c(C#N)cnc3ccc(C)cc23)cc1. The van der Waals surface area contributed by atoms with Crippen molar-refractivity contribution in [3.63, 3.8) is 0 Å². The molecule has 0 aliphatic heterocycles. The first-order valence-corrected chi connectivity index (χ1v) is 8.05. The molecule has 0 fully saturated rings. The summed E-state index contributed by atoms with van der Waals surface area (Å²) in [5.41, 5.74) is 2.36. The van der Waals surface area contributed by atoms with Crippen molar-refractivity contribution in [1.29, 1.82) is 5.26 Å². The molecule has 0 aliphatic rings. The number of aromatic nitrogens is 1. The van der Waals surface area contributed by atoms with E-state index in [0.717, 1.165) is 16.5 Å². The van der Waals surface area contributed by atoms with Crippen LogP contribution in [0.25, 0.3) is 10.9 Å². The first kappa shape index (κ1) is 14.4. The van der Waals surface area contributed by atoms with Crippen LogP contribution < -0.4 is 4.74 Å². The van der Waals surface area contributed by atoms with Crippen LogP contribution >= 0.6 is 11.8 Å². The summed E-state index contributed by atoms with van der Waals surface area (Å²) in [6, 6.07) is 15.9. The fraction of sp³-hybridized carbons (Fsp3) is 0.111. The van der Waals surface area contributed by atoms with Crippen LogP contribution in [0.1, 0.15) is 11.1 Å². The summed E-state index contributed by atoms with van der Waals surface area (Å²) in [4.78, 5) is 5.49. The smallest absolute Gasteiger partial charge is 0.156 e. The summed E-state index contributed by atoms with van der Waals surface area (Å²) in [5.74, 6) is 1.27. The number of hydrogen-bond acceptors (Lipinski definition) is 4. The Morgan fingerprint density at radius 2 is 1.91 bits per heavy atom. The van der Waals surface area contributed by atoms with E-state index in [1.807, 2.05) is 55.6 Å². The topological polar surface area (TPSA) is 45.9 Å². The monoisotopic (exact) mass is 306 g/mol. The van der Waals surface area contributed by atoms with Gasteiger partial charge in [0.2, 0.25) is 0 Å². The third kappa shape index (κ3) is 2.76. The van der Waals surface area contributed by atoms with Gasteiger partial charge in [0.25, 0.3) is 0 Å². The molecule has 0 bridgehead atoms. The molecule has 1 aromatic heterocycles. The number of benzene rings is 2. The highest BCUT2D eigenvalue weighted by Gasteiger charge is 2.11. The number of nitrogens with zero attached hydrogens (tertiary/aromatic N) is 2. The zero-order valence-electron chi connectivity index (χ0n) is 12.3. The highest BCUT2D eigenvalue weighted by atomic mass is 32.2. The second-order valence-electron chi connectivity index (χ2n) is 4.91. The molecule has 0 atom stereocenters. The summed E-state index contributed by atoms with van der Waals surface area (Å²) in [7, 11) is 0. The minimum Gasteiger partial charge on any atom is -0.455 e. The molecule has 0 unspecified atom stereocenters. The Hall–Kier alpha value is -2.51. The van der Waals surface area contributed by atoms with Gasteiger partial charge in [-0.2, -0.15) is 5.26 Å². The van der Waals surface area contributed by atoms with Crippen LogP contribution in [-0.4, -0.2) is 11.2 Å². The lowest BCUT2D eigenvalue weighted by molar-refractivity contribution is 0.486. The molecule has 3 aromatic rings. The average Bonchev–Trinajstić information content (AvgIpc) is 2.56. The molecule has 0 radical (unpaired) electrons. The van der Waals surface area contributed by atoms with E-state index in [4.69, 9.17) is 4.74 Å². The van der Waals surface area contributed by atoms with Crippen molar-refractivity contribution < 1.29 is 4.74 Å². The average molecular weight is 306 g/mol. The third-order valence-corrected chi connectivity index (χ3v) is 4.12. The van der Waals surface area contributed by atoms with Crippen molar-refractivity contribution in [2.24, 2.45) is 0 Å². The van der Waals surface area contributed by atoms with Gasteiger partial charge in [0.1, 0.15) is 17.4 Å². The Morgan fingerprint density at radius 3 is 2.59 bits per heavy atom. The quantitative estimate of drug-likeness (QED) is 0.644. The fourth-order valence-electron chi connectivity index (χ4n) is 2.23. The number of ether oxygens (including phenoxy) is 1. The summed E-state index contributed by atoms with van der Waals surface area (Å²) >= 11 is 1.68. The van der Waals surface area contributed by atoms with Crippen molar-refractivity contribution in [2.45, 2.75) is 11.8 Å². The van der Waals surface area contributed by atoms with Gasteiger partial charge in [-0.25, -0.2) is 0 Å². The van der Waals surface area contributed by atoms with Gasteiger partial charge in [0.15, 0.2) is 5.75 Å². The van der Waals surface area contributed by atoms with Gasteiger partial charge >= 0.3 is 0 Å². The van der Waals surface area contributed by atoms with E-state index in [1.54, 1.807) is 18.0 Å². The van der Waals surface area contributed by atoms with Crippen LogP contribution in [0.3, 0.4) is 0 Å². The van der Waals surface area contributed by atoms with Gasteiger partial charge < -0.3 is 4.74 Å². The maximum absolute atomic E-state index is 9.33. The van der Waals surface area contributed by atoms with Crippen LogP contribution in [0, 0.1) is 18.3 Å². The molecular formula is C18H14N2OS. The Morgan fingerprint density at radius 1 is 1.14 bits per heavy atom. The molecule has 108 valence electrons. The molecular weight excluding hydrogens is 292 g/mol. The molecule has 1 heterocycles. The van der Waals surface area contributed by atoms with Crippen LogP contribution in [0.2, 0.25) is 0 Å². The zero-order valence-corrected chi connectivity index (χ0v) is 13.1. The molecule has 2 aromatic carbocycles. The van der Waals surface area contributed by atoms with Gasteiger partial charge in [-0.05, 0) is 49.6 Å². The van der Waals surface area contributed by atoms with Crippen molar-refractivity contribution in [2.75, 3.05) is 6.26 Å². The molecule has 0 amide bonds. The number of aryl methyl sites for hydroxylation is 1. The molecule has 4 heteroatoms. The van der Waals surface area contributed by atoms with Gasteiger partial charge in [-0.1, -0.05) is 11.6 Å². The molecule has 0 aliphatic carbocycles. The molecule has 3 rings (SSSR count). The van der Waals surface area contributed by atoms with E-state index in [1.165, 1.54) is 4.90 Å². The van der Waals surface area contributed by atoms with E-state index < -0.39 is 0 Å². The Labute approximate surface area is 133 Å². The third-order valence-electron chi connectivity index (χ3n) is 3.37. The van der Waals surface area contributed by atoms with E-state index >= 15 is 0 Å². The number of thioether (sulfide) groups is 1. The second kappa shape index (κ2) is 6.08. The minimum absolute atomic E-state index is 0.437. The van der Waals surface area contributed by atoms with Crippen molar-refractivity contribution >= 4 is 22.7 Å². The van der Waals surface area contributed by atoms with Crippen LogP contribution in [0.15, 0.2) is 53.6 Å². The maximum atomic E-state index is 9.33. The molecule has 3 nitrogen and oxygen atoms in total. The molecule has 0 saturated carbocycles. The van der Waals surface area contributed by atoms with Gasteiger partial charge in [0.05, 0.1) is 5.52 Å². The predicted octanol–water partition coefficient (Wildman–Crippen LogP) is 4.93. The number of hydrogen-bond donors (Lipinski definition) is 0. The van der Waals surface area contributed by atoms with E-state index in [0.29, 0.717) is 17.1 Å². The summed E-state index contributed by atoms with van der Waals surface area (Å²) < 4.78 is 6.00. The minimum atomic E-state index is 0.437. The fourth-order valence-corrected chi connectivity index (χ4v) is 2.64. The van der Waals surface area contributed by atoms with Crippen molar-refractivity contribution in [3.8, 4) is 17.6 Å². The Bertz CT molecular complexity index is 867. The lowest BCUT2D eigenvalue weighted by Crippen LogP contribution is -1.93. The number of pyridine rings is 1. The lowest BCUT2D eigenvalue weighted by atomic mass is 10.1. The Balaban J connectivity index is 2.11. The van der Waals surface area contributed by atoms with Crippen molar-refractivity contribution in [3.05, 3.63) is 59.8 Å². The van der Waals surface area contributed by atoms with E-state index in [2.05, 4.69) is 11.1 Å². The number of nitriles is 1. The highest BCUT2D eigenvalue weighted by molar-refractivity contribution is 7.98. The second-order valence-corrected chi connectivity index (χ2v) is 5.79. The lowest BCUT2D eigenvalue weighted by Gasteiger charge is -2.11. The maximum Gasteiger partial charge on any atom is 0.156 e. The Kier molecular flexibility index (Phi) is 3.99. The number of rotatable bonds is 3. The standard InChI is InChI=1S/C18H14N2OS/c1-12-3-8-17-16(9-12)18(13(10-19)11-20-17)21-14-4-6-15(22-2)7-5-14/h3-9,11H,1-2H3. The molecule has 0 saturated heterocycles. The number of fused-ring (bicyclic) bond motifs is 1. The van der Waals surface area contributed by atoms with E-state index in [9.17, 15) is 5.26 Å². The largest absolute Gasteiger partial charge is 0.455 e. The van der Waals surface area contributed by atoms with Gasteiger partial charge in [-0.3, -0.25) is 4.98 Å². The van der Waals surface area contributed by atoms with E-state index in [-0.39, 0.29) is 0 Å². The van der Waals surface area contributed by atoms with Crippen molar-refractivity contribution in [1.82, 2.24) is 4.98 Å². The van der Waals surface area contributed by atoms with Crippen LogP contribution in [0.4, 0.5) is 0 Å². The predicted molar refractivity (Wildman–Crippen MR) is 89.5 cm³/mol.